The highest BCUT2D eigenvalue weighted by atomic mass is 16.6. The fourth-order valence-corrected chi connectivity index (χ4v) is 4.29. The second-order valence-electron chi connectivity index (χ2n) is 10.9. The van der Waals surface area contributed by atoms with Gasteiger partial charge in [-0.25, -0.2) is 19.2 Å². The van der Waals surface area contributed by atoms with E-state index < -0.39 is 29.3 Å². The first kappa shape index (κ1) is 34.8. The van der Waals surface area contributed by atoms with E-state index in [1.165, 1.54) is 5.56 Å². The van der Waals surface area contributed by atoms with Crippen molar-refractivity contribution in [2.75, 3.05) is 26.4 Å². The molecule has 5 aromatic carbocycles. The van der Waals surface area contributed by atoms with Crippen LogP contribution in [0.2, 0.25) is 0 Å². The van der Waals surface area contributed by atoms with Crippen molar-refractivity contribution in [3.05, 3.63) is 179 Å². The molecule has 0 aliphatic heterocycles. The number of ether oxygens (including phenoxy) is 4. The number of hydrogen-bond donors (Lipinski definition) is 0. The molecule has 5 rings (SSSR count). The molecule has 0 radical (unpaired) electrons. The molecule has 0 saturated heterocycles. The van der Waals surface area contributed by atoms with E-state index in [9.17, 15) is 19.2 Å². The standard InChI is InChI=1S/C33H28O8.C7H8/c34-29(25-13-5-1-6-14-25)38-21-33(22-39-30(35)26-15-7-2-8-16-26,23-40-31(36)27-17-9-3-10-18-27)24-41-32(37)28-19-11-4-12-20-28;1-7-5-3-2-4-6-7/h1-20H,21-24H2;2-6H,1H3. The summed E-state index contributed by atoms with van der Waals surface area (Å²) in [6.45, 7) is 0.555. The van der Waals surface area contributed by atoms with Gasteiger partial charge in [0.2, 0.25) is 0 Å². The molecule has 0 heterocycles. The number of aryl methyl sites for hydroxylation is 1. The van der Waals surface area contributed by atoms with Gasteiger partial charge in [0.05, 0.1) is 22.3 Å². The summed E-state index contributed by atoms with van der Waals surface area (Å²) in [4.78, 5) is 51.3. The highest BCUT2D eigenvalue weighted by molar-refractivity contribution is 5.91. The highest BCUT2D eigenvalue weighted by Gasteiger charge is 2.38. The molecular weight excluding hydrogens is 608 g/mol. The molecule has 0 fully saturated rings. The Bertz CT molecular complexity index is 1500. The van der Waals surface area contributed by atoms with E-state index in [4.69, 9.17) is 18.9 Å². The first-order chi connectivity index (χ1) is 23.3. The van der Waals surface area contributed by atoms with E-state index in [0.717, 1.165) is 0 Å². The largest absolute Gasteiger partial charge is 0.461 e. The molecule has 0 aliphatic carbocycles. The fraction of sp³-hybridized carbons (Fsp3) is 0.150. The highest BCUT2D eigenvalue weighted by Crippen LogP contribution is 2.24. The van der Waals surface area contributed by atoms with E-state index >= 15 is 0 Å². The molecule has 0 unspecified atom stereocenters. The average Bonchev–Trinajstić information content (AvgIpc) is 3.15. The van der Waals surface area contributed by atoms with E-state index in [2.05, 4.69) is 19.1 Å². The van der Waals surface area contributed by atoms with Gasteiger partial charge in [-0.1, -0.05) is 109 Å². The van der Waals surface area contributed by atoms with Gasteiger partial charge in [0.25, 0.3) is 0 Å². The fourth-order valence-electron chi connectivity index (χ4n) is 4.29. The van der Waals surface area contributed by atoms with Crippen LogP contribution in [0.25, 0.3) is 0 Å². The van der Waals surface area contributed by atoms with Crippen molar-refractivity contribution in [2.45, 2.75) is 6.92 Å². The van der Waals surface area contributed by atoms with Crippen LogP contribution in [-0.2, 0) is 18.9 Å². The Morgan fingerprint density at radius 1 is 0.375 bits per heavy atom. The number of benzene rings is 5. The summed E-state index contributed by atoms with van der Waals surface area (Å²) in [6, 6.07) is 43.5. The predicted octanol–water partition coefficient (Wildman–Crippen LogP) is 7.40. The first-order valence-electron chi connectivity index (χ1n) is 15.3. The normalized spacial score (nSPS) is 10.4. The van der Waals surface area contributed by atoms with Crippen LogP contribution in [0.1, 0.15) is 47.0 Å². The van der Waals surface area contributed by atoms with Crippen molar-refractivity contribution in [3.8, 4) is 0 Å². The van der Waals surface area contributed by atoms with Gasteiger partial charge in [-0.05, 0) is 55.5 Å². The van der Waals surface area contributed by atoms with Crippen molar-refractivity contribution in [1.29, 1.82) is 0 Å². The minimum absolute atomic E-state index is 0.297. The Kier molecular flexibility index (Phi) is 13.2. The van der Waals surface area contributed by atoms with E-state index in [-0.39, 0.29) is 26.4 Å². The summed E-state index contributed by atoms with van der Waals surface area (Å²) < 4.78 is 22.4. The van der Waals surface area contributed by atoms with Gasteiger partial charge in [-0.2, -0.15) is 0 Å². The predicted molar refractivity (Wildman–Crippen MR) is 181 cm³/mol. The Morgan fingerprint density at radius 2 is 0.583 bits per heavy atom. The van der Waals surface area contributed by atoms with Gasteiger partial charge in [0, 0.05) is 0 Å². The van der Waals surface area contributed by atoms with Crippen LogP contribution >= 0.6 is 0 Å². The summed E-state index contributed by atoms with van der Waals surface area (Å²) in [5.74, 6) is -2.58. The van der Waals surface area contributed by atoms with Crippen LogP contribution in [-0.4, -0.2) is 50.3 Å². The maximum absolute atomic E-state index is 12.8. The summed E-state index contributed by atoms with van der Waals surface area (Å²) in [6.07, 6.45) is 0. The lowest BCUT2D eigenvalue weighted by Crippen LogP contribution is -2.44. The van der Waals surface area contributed by atoms with Crippen molar-refractivity contribution >= 4 is 23.9 Å². The summed E-state index contributed by atoms with van der Waals surface area (Å²) >= 11 is 0. The number of hydrogen-bond acceptors (Lipinski definition) is 8. The van der Waals surface area contributed by atoms with E-state index in [1.54, 1.807) is 121 Å². The maximum Gasteiger partial charge on any atom is 0.338 e. The van der Waals surface area contributed by atoms with Crippen LogP contribution in [0, 0.1) is 12.3 Å². The zero-order chi connectivity index (χ0) is 34.0. The monoisotopic (exact) mass is 644 g/mol. The van der Waals surface area contributed by atoms with E-state index in [1.807, 2.05) is 18.2 Å². The molecule has 0 amide bonds. The van der Waals surface area contributed by atoms with E-state index in [0.29, 0.717) is 22.3 Å². The summed E-state index contributed by atoms with van der Waals surface area (Å²) in [7, 11) is 0. The number of carbonyl (C=O) groups excluding carboxylic acids is 4. The topological polar surface area (TPSA) is 105 Å². The Labute approximate surface area is 279 Å². The molecule has 0 aromatic heterocycles. The molecule has 0 saturated carbocycles. The molecule has 5 aromatic rings. The summed E-state index contributed by atoms with van der Waals surface area (Å²) in [5, 5.41) is 0. The molecule has 8 heteroatoms. The molecule has 0 bridgehead atoms. The maximum atomic E-state index is 12.8. The second kappa shape index (κ2) is 18.2. The number of carbonyl (C=O) groups is 4. The molecule has 244 valence electrons. The molecule has 0 N–H and O–H groups in total. The lowest BCUT2D eigenvalue weighted by molar-refractivity contribution is -0.0641. The van der Waals surface area contributed by atoms with Crippen molar-refractivity contribution in [1.82, 2.24) is 0 Å². The van der Waals surface area contributed by atoms with Crippen LogP contribution in [0.5, 0.6) is 0 Å². The van der Waals surface area contributed by atoms with Gasteiger partial charge >= 0.3 is 23.9 Å². The number of rotatable bonds is 12. The molecule has 0 aliphatic rings. The van der Waals surface area contributed by atoms with Gasteiger partial charge in [-0.3, -0.25) is 0 Å². The molecule has 8 nitrogen and oxygen atoms in total. The molecule has 0 spiro atoms. The van der Waals surface area contributed by atoms with Gasteiger partial charge in [0.15, 0.2) is 0 Å². The quantitative estimate of drug-likeness (QED) is 0.102. The van der Waals surface area contributed by atoms with Crippen LogP contribution < -0.4 is 0 Å². The van der Waals surface area contributed by atoms with Gasteiger partial charge < -0.3 is 18.9 Å². The third-order valence-electron chi connectivity index (χ3n) is 7.02. The number of esters is 4. The van der Waals surface area contributed by atoms with Crippen LogP contribution in [0.3, 0.4) is 0 Å². The molecule has 0 atom stereocenters. The average molecular weight is 645 g/mol. The van der Waals surface area contributed by atoms with Crippen molar-refractivity contribution in [2.24, 2.45) is 5.41 Å². The summed E-state index contributed by atoms with van der Waals surface area (Å²) in [5.41, 5.74) is 1.08. The lowest BCUT2D eigenvalue weighted by atomic mass is 9.92. The van der Waals surface area contributed by atoms with Gasteiger partial charge in [0.1, 0.15) is 31.8 Å². The zero-order valence-electron chi connectivity index (χ0n) is 26.5. The molecular formula is C40H36O8. The minimum Gasteiger partial charge on any atom is -0.461 e. The smallest absolute Gasteiger partial charge is 0.338 e. The third-order valence-corrected chi connectivity index (χ3v) is 7.02. The van der Waals surface area contributed by atoms with Crippen molar-refractivity contribution in [3.63, 3.8) is 0 Å². The Hall–Kier alpha value is -6.02. The van der Waals surface area contributed by atoms with Crippen molar-refractivity contribution < 1.29 is 38.1 Å². The minimum atomic E-state index is -1.43. The lowest BCUT2D eigenvalue weighted by Gasteiger charge is -2.31. The Morgan fingerprint density at radius 3 is 0.771 bits per heavy atom. The SMILES string of the molecule is Cc1ccccc1.O=C(OCC(COC(=O)c1ccccc1)(COC(=O)c1ccccc1)COC(=O)c1ccccc1)c1ccccc1. The van der Waals surface area contributed by atoms with Gasteiger partial charge in [-0.15, -0.1) is 0 Å². The first-order valence-corrected chi connectivity index (χ1v) is 15.3. The molecule has 48 heavy (non-hydrogen) atoms. The Balaban J connectivity index is 0.000000659. The van der Waals surface area contributed by atoms with Crippen LogP contribution in [0.15, 0.2) is 152 Å². The zero-order valence-corrected chi connectivity index (χ0v) is 26.5. The van der Waals surface area contributed by atoms with Crippen LogP contribution in [0.4, 0.5) is 0 Å². The third kappa shape index (κ3) is 11.1. The second-order valence-corrected chi connectivity index (χ2v) is 10.9.